The van der Waals surface area contributed by atoms with Crippen molar-refractivity contribution in [2.24, 2.45) is 0 Å². The summed E-state index contributed by atoms with van der Waals surface area (Å²) in [4.78, 5) is 4.96. The zero-order valence-electron chi connectivity index (χ0n) is 14.5. The molecule has 1 fully saturated rings. The van der Waals surface area contributed by atoms with E-state index in [9.17, 15) is 0 Å². The van der Waals surface area contributed by atoms with Gasteiger partial charge in [0.15, 0.2) is 6.54 Å². The number of hydrogen-bond acceptors (Lipinski definition) is 2. The highest BCUT2D eigenvalue weighted by Crippen LogP contribution is 2.28. The maximum Gasteiger partial charge on any atom is 0.214 e. The van der Waals surface area contributed by atoms with Gasteiger partial charge in [-0.05, 0) is 19.2 Å². The summed E-state index contributed by atoms with van der Waals surface area (Å²) in [7, 11) is 2.20. The summed E-state index contributed by atoms with van der Waals surface area (Å²) in [5.41, 5.74) is 2.44. The van der Waals surface area contributed by atoms with E-state index in [1.54, 1.807) is 0 Å². The molecule has 5 heteroatoms. The van der Waals surface area contributed by atoms with Crippen molar-refractivity contribution in [3.8, 4) is 0 Å². The van der Waals surface area contributed by atoms with Crippen molar-refractivity contribution in [3.63, 3.8) is 0 Å². The third-order valence-corrected chi connectivity index (χ3v) is 5.51. The van der Waals surface area contributed by atoms with E-state index >= 15 is 0 Å². The number of pyridine rings is 1. The monoisotopic (exact) mass is 375 g/mol. The largest absolute Gasteiger partial charge is 1.00 e. The van der Waals surface area contributed by atoms with Crippen LogP contribution in [0.15, 0.2) is 48.5 Å². The third kappa shape index (κ3) is 3.61. The van der Waals surface area contributed by atoms with Gasteiger partial charge in [-0.15, -0.1) is 0 Å². The Labute approximate surface area is 160 Å². The minimum Gasteiger partial charge on any atom is -1.00 e. The normalized spacial score (nSPS) is 16.2. The number of likely N-dealkylation sites (N-methyl/N-ethyl adjacent to an activating group) is 1. The highest BCUT2D eigenvalue weighted by atomic mass is 35.5. The molecule has 25 heavy (non-hydrogen) atoms. The summed E-state index contributed by atoms with van der Waals surface area (Å²) in [5, 5.41) is 3.13. The van der Waals surface area contributed by atoms with Crippen LogP contribution < -0.4 is 17.0 Å². The van der Waals surface area contributed by atoms with Crippen LogP contribution in [0.1, 0.15) is 0 Å². The lowest BCUT2D eigenvalue weighted by Gasteiger charge is -2.31. The van der Waals surface area contributed by atoms with Crippen LogP contribution in [0.25, 0.3) is 21.8 Å². The van der Waals surface area contributed by atoms with Gasteiger partial charge in [-0.25, -0.2) is 0 Å². The molecule has 0 unspecified atom stereocenters. The zero-order valence-corrected chi connectivity index (χ0v) is 16.0. The second-order valence-corrected chi connectivity index (χ2v) is 7.02. The summed E-state index contributed by atoms with van der Waals surface area (Å²) in [6.45, 7) is 6.69. The molecular formula is C20H23Cl2N3. The number of hydrogen-bond donors (Lipinski definition) is 0. The Hall–Kier alpha value is -1.39. The molecule has 0 saturated carbocycles. The molecule has 0 aliphatic carbocycles. The number of fused-ring (bicyclic) bond motifs is 2. The highest BCUT2D eigenvalue weighted by Gasteiger charge is 2.21. The molecule has 132 valence electrons. The van der Waals surface area contributed by atoms with Crippen LogP contribution in [-0.4, -0.2) is 49.6 Å². The molecule has 1 aliphatic heterocycles. The lowest BCUT2D eigenvalue weighted by molar-refractivity contribution is -0.645. The maximum absolute atomic E-state index is 6.68. The zero-order chi connectivity index (χ0) is 16.5. The third-order valence-electron chi connectivity index (χ3n) is 5.10. The molecule has 2 heterocycles. The first-order chi connectivity index (χ1) is 11.7. The van der Waals surface area contributed by atoms with Gasteiger partial charge in [0.2, 0.25) is 11.0 Å². The van der Waals surface area contributed by atoms with Crippen molar-refractivity contribution in [2.45, 2.75) is 6.54 Å². The second-order valence-electron chi connectivity index (χ2n) is 6.64. The van der Waals surface area contributed by atoms with Gasteiger partial charge in [-0.3, -0.25) is 4.90 Å². The van der Waals surface area contributed by atoms with Gasteiger partial charge < -0.3 is 17.3 Å². The fraction of sp³-hybridized carbons (Fsp3) is 0.350. The average molecular weight is 376 g/mol. The summed E-state index contributed by atoms with van der Waals surface area (Å²) in [6.07, 6.45) is 0. The predicted octanol–water partition coefficient (Wildman–Crippen LogP) is 0.185. The molecule has 3 nitrogen and oxygen atoms in total. The first kappa shape index (κ1) is 18.4. The minimum atomic E-state index is 0. The van der Waals surface area contributed by atoms with E-state index < -0.39 is 0 Å². The molecule has 1 saturated heterocycles. The standard InChI is InChI=1S/C20H23ClN3.ClH/c1-22-10-12-23(13-11-22)14-15-24-18-8-4-2-6-16(18)20(21)17-7-3-5-9-19(17)24;/h2-9H,10-15H2,1H3;1H/q+1;/p-1. The maximum atomic E-state index is 6.68. The minimum absolute atomic E-state index is 0. The van der Waals surface area contributed by atoms with Gasteiger partial charge in [0.05, 0.1) is 22.3 Å². The Morgan fingerprint density at radius 3 is 1.96 bits per heavy atom. The Balaban J connectivity index is 0.00000182. The molecule has 0 radical (unpaired) electrons. The van der Waals surface area contributed by atoms with Gasteiger partial charge >= 0.3 is 0 Å². The number of piperazine rings is 1. The molecule has 1 aliphatic rings. The van der Waals surface area contributed by atoms with Gasteiger partial charge in [0, 0.05) is 38.3 Å². The smallest absolute Gasteiger partial charge is 0.214 e. The number of para-hydroxylation sites is 2. The molecular weight excluding hydrogens is 353 g/mol. The lowest BCUT2D eigenvalue weighted by atomic mass is 10.1. The van der Waals surface area contributed by atoms with Crippen molar-refractivity contribution in [1.82, 2.24) is 9.80 Å². The Morgan fingerprint density at radius 2 is 1.40 bits per heavy atom. The number of benzene rings is 2. The number of rotatable bonds is 3. The van der Waals surface area contributed by atoms with Crippen LogP contribution in [0.3, 0.4) is 0 Å². The van der Waals surface area contributed by atoms with E-state index in [2.05, 4.69) is 69.9 Å². The molecule has 0 N–H and O–H groups in total. The topological polar surface area (TPSA) is 10.4 Å². The van der Waals surface area contributed by atoms with E-state index in [0.717, 1.165) is 55.1 Å². The van der Waals surface area contributed by atoms with Crippen molar-refractivity contribution in [2.75, 3.05) is 39.8 Å². The molecule has 0 amide bonds. The van der Waals surface area contributed by atoms with E-state index in [-0.39, 0.29) is 12.4 Å². The molecule has 0 spiro atoms. The van der Waals surface area contributed by atoms with Gasteiger partial charge in [0.1, 0.15) is 0 Å². The Bertz CT molecular complexity index is 816. The first-order valence-corrected chi connectivity index (χ1v) is 9.01. The Kier molecular flexibility index (Phi) is 5.80. The molecule has 0 atom stereocenters. The van der Waals surface area contributed by atoms with Crippen molar-refractivity contribution >= 4 is 33.4 Å². The molecule has 0 bridgehead atoms. The molecule has 3 aromatic rings. The highest BCUT2D eigenvalue weighted by molar-refractivity contribution is 6.39. The van der Waals surface area contributed by atoms with Crippen LogP contribution in [0.5, 0.6) is 0 Å². The molecule has 1 aromatic heterocycles. The van der Waals surface area contributed by atoms with E-state index in [1.165, 1.54) is 11.0 Å². The van der Waals surface area contributed by atoms with Crippen LogP contribution in [0.4, 0.5) is 0 Å². The fourth-order valence-electron chi connectivity index (χ4n) is 3.62. The average Bonchev–Trinajstić information content (AvgIpc) is 2.63. The van der Waals surface area contributed by atoms with Gasteiger partial charge in [0.25, 0.3) is 0 Å². The van der Waals surface area contributed by atoms with Gasteiger partial charge in [-0.1, -0.05) is 35.9 Å². The van der Waals surface area contributed by atoms with Crippen LogP contribution >= 0.6 is 11.6 Å². The predicted molar refractivity (Wildman–Crippen MR) is 101 cm³/mol. The van der Waals surface area contributed by atoms with Gasteiger partial charge in [-0.2, -0.15) is 4.57 Å². The number of halogens is 2. The van der Waals surface area contributed by atoms with Crippen LogP contribution in [0, 0.1) is 0 Å². The SMILES string of the molecule is CN1CCN(CC[n+]2c3ccccc3c(Cl)c3ccccc32)CC1.[Cl-]. The summed E-state index contributed by atoms with van der Waals surface area (Å²) in [5.74, 6) is 0. The molecule has 4 rings (SSSR count). The number of aromatic nitrogens is 1. The molecule has 2 aromatic carbocycles. The quantitative estimate of drug-likeness (QED) is 0.477. The fourth-order valence-corrected chi connectivity index (χ4v) is 3.94. The van der Waals surface area contributed by atoms with Crippen molar-refractivity contribution < 1.29 is 17.0 Å². The summed E-state index contributed by atoms with van der Waals surface area (Å²) < 4.78 is 2.43. The Morgan fingerprint density at radius 1 is 0.880 bits per heavy atom. The summed E-state index contributed by atoms with van der Waals surface area (Å²) in [6, 6.07) is 16.9. The second kappa shape index (κ2) is 7.88. The first-order valence-electron chi connectivity index (χ1n) is 8.64. The van der Waals surface area contributed by atoms with Crippen molar-refractivity contribution in [3.05, 3.63) is 53.6 Å². The van der Waals surface area contributed by atoms with Crippen LogP contribution in [0.2, 0.25) is 5.02 Å². The van der Waals surface area contributed by atoms with Crippen LogP contribution in [-0.2, 0) is 6.54 Å². The van der Waals surface area contributed by atoms with E-state index in [4.69, 9.17) is 11.6 Å². The van der Waals surface area contributed by atoms with E-state index in [1.807, 2.05) is 0 Å². The lowest BCUT2D eigenvalue weighted by Crippen LogP contribution is -3.00. The number of nitrogens with zero attached hydrogens (tertiary/aromatic N) is 3. The summed E-state index contributed by atoms with van der Waals surface area (Å²) >= 11 is 6.68. The van der Waals surface area contributed by atoms with Crippen molar-refractivity contribution in [1.29, 1.82) is 0 Å². The van der Waals surface area contributed by atoms with E-state index in [0.29, 0.717) is 0 Å².